The highest BCUT2D eigenvalue weighted by Crippen LogP contribution is 2.25. The van der Waals surface area contributed by atoms with Gasteiger partial charge >= 0.3 is 5.97 Å². The summed E-state index contributed by atoms with van der Waals surface area (Å²) in [5.41, 5.74) is 0.596. The Bertz CT molecular complexity index is 922. The minimum atomic E-state index is -1.56. The number of carbonyl (C=O) groups is 1. The average Bonchev–Trinajstić information content (AvgIpc) is 3.01. The van der Waals surface area contributed by atoms with Gasteiger partial charge in [-0.1, -0.05) is 12.1 Å². The van der Waals surface area contributed by atoms with Gasteiger partial charge in [-0.15, -0.1) is 0 Å². The van der Waals surface area contributed by atoms with E-state index < -0.39 is 23.4 Å². The predicted molar refractivity (Wildman–Crippen MR) is 80.0 cm³/mol. The molecule has 2 aromatic carbocycles. The van der Waals surface area contributed by atoms with Gasteiger partial charge in [-0.25, -0.2) is 22.9 Å². The molecule has 1 heterocycles. The summed E-state index contributed by atoms with van der Waals surface area (Å²) in [5, 5.41) is 9.01. The number of hydrogen-bond donors (Lipinski definition) is 1. The smallest absolute Gasteiger partial charge is 0.335 e. The van der Waals surface area contributed by atoms with Crippen LogP contribution in [0.25, 0.3) is 11.4 Å². The fourth-order valence-electron chi connectivity index (χ4n) is 2.38. The summed E-state index contributed by atoms with van der Waals surface area (Å²) in [4.78, 5) is 15.0. The van der Waals surface area contributed by atoms with E-state index in [2.05, 4.69) is 4.98 Å². The molecule has 0 unspecified atom stereocenters. The third kappa shape index (κ3) is 2.88. The van der Waals surface area contributed by atoms with E-state index in [1.807, 2.05) is 0 Å². The second-order valence-electron chi connectivity index (χ2n) is 5.11. The van der Waals surface area contributed by atoms with Gasteiger partial charge < -0.3 is 9.67 Å². The summed E-state index contributed by atoms with van der Waals surface area (Å²) in [6.07, 6.45) is 2.94. The third-order valence-corrected chi connectivity index (χ3v) is 3.52. The van der Waals surface area contributed by atoms with Crippen LogP contribution in [0.3, 0.4) is 0 Å². The number of aromatic nitrogens is 2. The van der Waals surface area contributed by atoms with Gasteiger partial charge in [0, 0.05) is 18.9 Å². The molecular formula is C17H11F3N2O2. The molecule has 3 rings (SSSR count). The first-order valence-corrected chi connectivity index (χ1v) is 6.94. The van der Waals surface area contributed by atoms with Crippen molar-refractivity contribution in [2.24, 2.45) is 0 Å². The van der Waals surface area contributed by atoms with E-state index in [0.717, 1.165) is 12.1 Å². The topological polar surface area (TPSA) is 55.1 Å². The van der Waals surface area contributed by atoms with Crippen molar-refractivity contribution in [2.45, 2.75) is 6.54 Å². The normalized spacial score (nSPS) is 10.8. The maximum atomic E-state index is 14.0. The van der Waals surface area contributed by atoms with Crippen LogP contribution in [0.1, 0.15) is 15.9 Å². The van der Waals surface area contributed by atoms with Gasteiger partial charge in [-0.2, -0.15) is 0 Å². The minimum Gasteiger partial charge on any atom is -0.478 e. The van der Waals surface area contributed by atoms with Gasteiger partial charge in [0.25, 0.3) is 0 Å². The van der Waals surface area contributed by atoms with Gasteiger partial charge in [0.2, 0.25) is 0 Å². The SMILES string of the molecule is O=C(O)c1cccc(Cn2ccnc2-c2ccc(F)c(F)c2F)c1. The number of rotatable bonds is 4. The number of benzene rings is 2. The monoisotopic (exact) mass is 332 g/mol. The van der Waals surface area contributed by atoms with Crippen molar-refractivity contribution in [1.29, 1.82) is 0 Å². The number of aromatic carboxylic acids is 1. The number of nitrogens with zero attached hydrogens (tertiary/aromatic N) is 2. The Morgan fingerprint density at radius 2 is 1.92 bits per heavy atom. The first kappa shape index (κ1) is 15.8. The van der Waals surface area contributed by atoms with Crippen molar-refractivity contribution >= 4 is 5.97 Å². The van der Waals surface area contributed by atoms with Crippen LogP contribution in [0.2, 0.25) is 0 Å². The Morgan fingerprint density at radius 1 is 1.12 bits per heavy atom. The van der Waals surface area contributed by atoms with Crippen LogP contribution in [0.15, 0.2) is 48.8 Å². The van der Waals surface area contributed by atoms with E-state index in [9.17, 15) is 18.0 Å². The molecule has 0 bridgehead atoms. The number of carboxylic acid groups (broad SMARTS) is 1. The maximum Gasteiger partial charge on any atom is 0.335 e. The molecule has 4 nitrogen and oxygen atoms in total. The molecule has 0 saturated carbocycles. The largest absolute Gasteiger partial charge is 0.478 e. The molecule has 0 aliphatic rings. The van der Waals surface area contributed by atoms with Gasteiger partial charge in [0.15, 0.2) is 17.5 Å². The molecule has 0 saturated heterocycles. The van der Waals surface area contributed by atoms with Crippen LogP contribution in [-0.4, -0.2) is 20.6 Å². The zero-order valence-corrected chi connectivity index (χ0v) is 12.2. The number of carboxylic acids is 1. The summed E-state index contributed by atoms with van der Waals surface area (Å²) in [6, 6.07) is 8.17. The second kappa shape index (κ2) is 6.19. The van der Waals surface area contributed by atoms with E-state index in [4.69, 9.17) is 5.11 Å². The number of hydrogen-bond acceptors (Lipinski definition) is 2. The number of imidazole rings is 1. The number of halogens is 3. The lowest BCUT2D eigenvalue weighted by Crippen LogP contribution is -2.05. The van der Waals surface area contributed by atoms with E-state index in [1.165, 1.54) is 22.9 Å². The van der Waals surface area contributed by atoms with E-state index >= 15 is 0 Å². The Kier molecular flexibility index (Phi) is 4.07. The summed E-state index contributed by atoms with van der Waals surface area (Å²) in [7, 11) is 0. The van der Waals surface area contributed by atoms with E-state index in [0.29, 0.717) is 5.56 Å². The van der Waals surface area contributed by atoms with Crippen molar-refractivity contribution in [2.75, 3.05) is 0 Å². The highest BCUT2D eigenvalue weighted by molar-refractivity contribution is 5.87. The average molecular weight is 332 g/mol. The molecule has 1 aromatic heterocycles. The Morgan fingerprint density at radius 3 is 2.67 bits per heavy atom. The molecular weight excluding hydrogens is 321 g/mol. The molecule has 0 radical (unpaired) electrons. The Balaban J connectivity index is 1.99. The van der Waals surface area contributed by atoms with Crippen LogP contribution < -0.4 is 0 Å². The van der Waals surface area contributed by atoms with Crippen LogP contribution in [0.4, 0.5) is 13.2 Å². The van der Waals surface area contributed by atoms with Crippen molar-refractivity contribution in [3.63, 3.8) is 0 Å². The molecule has 0 aliphatic carbocycles. The molecule has 122 valence electrons. The molecule has 0 fully saturated rings. The van der Waals surface area contributed by atoms with Crippen molar-refractivity contribution < 1.29 is 23.1 Å². The van der Waals surface area contributed by atoms with Crippen LogP contribution in [-0.2, 0) is 6.54 Å². The highest BCUT2D eigenvalue weighted by Gasteiger charge is 2.18. The quantitative estimate of drug-likeness (QED) is 0.741. The van der Waals surface area contributed by atoms with Gasteiger partial charge in [0.05, 0.1) is 11.1 Å². The summed E-state index contributed by atoms with van der Waals surface area (Å²) in [5.74, 6) is -5.10. The molecule has 0 spiro atoms. The van der Waals surface area contributed by atoms with Gasteiger partial charge in [-0.05, 0) is 29.8 Å². The second-order valence-corrected chi connectivity index (χ2v) is 5.11. The fourth-order valence-corrected chi connectivity index (χ4v) is 2.38. The Hall–Kier alpha value is -3.09. The highest BCUT2D eigenvalue weighted by atomic mass is 19.2. The summed E-state index contributed by atoms with van der Waals surface area (Å²) >= 11 is 0. The maximum absolute atomic E-state index is 14.0. The molecule has 0 aliphatic heterocycles. The first-order valence-electron chi connectivity index (χ1n) is 6.94. The van der Waals surface area contributed by atoms with Crippen LogP contribution in [0.5, 0.6) is 0 Å². The van der Waals surface area contributed by atoms with Crippen molar-refractivity contribution in [1.82, 2.24) is 9.55 Å². The fraction of sp³-hybridized carbons (Fsp3) is 0.0588. The summed E-state index contributed by atoms with van der Waals surface area (Å²) in [6.45, 7) is 0.203. The third-order valence-electron chi connectivity index (χ3n) is 3.52. The molecule has 24 heavy (non-hydrogen) atoms. The van der Waals surface area contributed by atoms with E-state index in [-0.39, 0.29) is 23.5 Å². The van der Waals surface area contributed by atoms with Crippen LogP contribution >= 0.6 is 0 Å². The molecule has 7 heteroatoms. The summed E-state index contributed by atoms with van der Waals surface area (Å²) < 4.78 is 42.0. The van der Waals surface area contributed by atoms with Crippen molar-refractivity contribution in [3.8, 4) is 11.4 Å². The van der Waals surface area contributed by atoms with E-state index in [1.54, 1.807) is 18.3 Å². The predicted octanol–water partition coefficient (Wildman–Crippen LogP) is 3.71. The zero-order valence-electron chi connectivity index (χ0n) is 12.2. The standard InChI is InChI=1S/C17H11F3N2O2/c18-13-5-4-12(14(19)15(13)20)16-21-6-7-22(16)9-10-2-1-3-11(8-10)17(23)24/h1-8H,9H2,(H,23,24). The molecule has 0 amide bonds. The molecule has 0 atom stereocenters. The van der Waals surface area contributed by atoms with Crippen molar-refractivity contribution in [3.05, 3.63) is 77.4 Å². The van der Waals surface area contributed by atoms with Gasteiger partial charge in [-0.3, -0.25) is 0 Å². The Labute approximate surface area is 134 Å². The van der Waals surface area contributed by atoms with Gasteiger partial charge in [0.1, 0.15) is 5.82 Å². The zero-order chi connectivity index (χ0) is 17.3. The first-order chi connectivity index (χ1) is 11.5. The lowest BCUT2D eigenvalue weighted by atomic mass is 10.1. The molecule has 1 N–H and O–H groups in total. The van der Waals surface area contributed by atoms with Crippen LogP contribution in [0, 0.1) is 17.5 Å². The minimum absolute atomic E-state index is 0.118. The lowest BCUT2D eigenvalue weighted by Gasteiger charge is -2.10. The lowest BCUT2D eigenvalue weighted by molar-refractivity contribution is 0.0696. The molecule has 3 aromatic rings.